The predicted octanol–water partition coefficient (Wildman–Crippen LogP) is 3.50. The fourth-order valence-electron chi connectivity index (χ4n) is 3.48. The van der Waals surface area contributed by atoms with Crippen LogP contribution in [0.15, 0.2) is 53.3 Å². The Hall–Kier alpha value is -3.28. The second-order valence-corrected chi connectivity index (χ2v) is 6.78. The van der Waals surface area contributed by atoms with Gasteiger partial charge in [-0.1, -0.05) is 30.3 Å². The van der Waals surface area contributed by atoms with E-state index in [2.05, 4.69) is 20.2 Å². The molecule has 1 aliphatic rings. The highest BCUT2D eigenvalue weighted by molar-refractivity contribution is 6.05. The van der Waals surface area contributed by atoms with E-state index in [4.69, 9.17) is 0 Å². The van der Waals surface area contributed by atoms with Crippen LogP contribution < -0.4 is 15.9 Å². The second-order valence-electron chi connectivity index (χ2n) is 6.78. The van der Waals surface area contributed by atoms with Crippen molar-refractivity contribution in [1.29, 1.82) is 0 Å². The van der Waals surface area contributed by atoms with Gasteiger partial charge in [-0.2, -0.15) is 0 Å². The largest absolute Gasteiger partial charge is 0.370 e. The van der Waals surface area contributed by atoms with Gasteiger partial charge in [0.25, 0.3) is 0 Å². The van der Waals surface area contributed by atoms with Crippen LogP contribution in [0, 0.1) is 0 Å². The minimum Gasteiger partial charge on any atom is -0.370 e. The van der Waals surface area contributed by atoms with Crippen LogP contribution in [0.5, 0.6) is 0 Å². The summed E-state index contributed by atoms with van der Waals surface area (Å²) in [5.74, 6) is -0.200. The molecule has 138 valence electrons. The first-order valence-corrected chi connectivity index (χ1v) is 9.24. The van der Waals surface area contributed by atoms with E-state index in [1.54, 1.807) is 6.08 Å². The molecule has 3 N–H and O–H groups in total. The molecule has 0 aliphatic carbocycles. The van der Waals surface area contributed by atoms with Crippen molar-refractivity contribution in [2.45, 2.75) is 19.3 Å². The van der Waals surface area contributed by atoms with Crippen molar-refractivity contribution in [3.63, 3.8) is 0 Å². The van der Waals surface area contributed by atoms with Gasteiger partial charge in [-0.3, -0.25) is 4.79 Å². The number of anilines is 2. The smallest absolute Gasteiger partial charge is 0.323 e. The predicted molar refractivity (Wildman–Crippen MR) is 109 cm³/mol. The van der Waals surface area contributed by atoms with Crippen molar-refractivity contribution in [1.82, 2.24) is 9.97 Å². The molecule has 0 bridgehead atoms. The third-order valence-corrected chi connectivity index (χ3v) is 4.81. The van der Waals surface area contributed by atoms with Gasteiger partial charge in [0.15, 0.2) is 0 Å². The fraction of sp³-hybridized carbons (Fsp3) is 0.238. The van der Waals surface area contributed by atoms with E-state index in [0.29, 0.717) is 11.2 Å². The topological polar surface area (TPSA) is 81.0 Å². The second kappa shape index (κ2) is 7.53. The molecular weight excluding hydrogens is 340 g/mol. The van der Waals surface area contributed by atoms with E-state index in [1.807, 2.05) is 42.5 Å². The summed E-state index contributed by atoms with van der Waals surface area (Å²) in [5, 5.41) is 2.98. The fourth-order valence-corrected chi connectivity index (χ4v) is 3.48. The molecule has 1 amide bonds. The average Bonchev–Trinajstić information content (AvgIpc) is 3.06. The Kier molecular flexibility index (Phi) is 4.78. The lowest BCUT2D eigenvalue weighted by Gasteiger charge is -2.30. The number of imidazole rings is 1. The van der Waals surface area contributed by atoms with Gasteiger partial charge in [-0.25, -0.2) is 4.79 Å². The zero-order chi connectivity index (χ0) is 18.6. The molecule has 3 aromatic rings. The number of nitrogens with zero attached hydrogens (tertiary/aromatic N) is 1. The maximum Gasteiger partial charge on any atom is 0.323 e. The number of benzene rings is 2. The van der Waals surface area contributed by atoms with Crippen LogP contribution in [-0.4, -0.2) is 29.0 Å². The molecule has 2 aromatic carbocycles. The molecule has 0 spiro atoms. The van der Waals surface area contributed by atoms with Crippen LogP contribution in [0.4, 0.5) is 11.4 Å². The Morgan fingerprint density at radius 3 is 2.44 bits per heavy atom. The molecule has 0 atom stereocenters. The lowest BCUT2D eigenvalue weighted by atomic mass is 10.1. The minimum atomic E-state index is -0.248. The number of carbonyl (C=O) groups is 1. The van der Waals surface area contributed by atoms with Crippen LogP contribution in [0.3, 0.4) is 0 Å². The van der Waals surface area contributed by atoms with Crippen molar-refractivity contribution >= 4 is 34.4 Å². The van der Waals surface area contributed by atoms with Crippen molar-refractivity contribution < 1.29 is 4.79 Å². The first kappa shape index (κ1) is 17.1. The van der Waals surface area contributed by atoms with Crippen molar-refractivity contribution in [3.05, 3.63) is 64.6 Å². The third kappa shape index (κ3) is 3.95. The number of amides is 1. The number of nitrogens with one attached hydrogen (secondary N) is 3. The molecule has 6 nitrogen and oxygen atoms in total. The third-order valence-electron chi connectivity index (χ3n) is 4.81. The summed E-state index contributed by atoms with van der Waals surface area (Å²) < 4.78 is 0. The minimum absolute atomic E-state index is 0.200. The summed E-state index contributed by atoms with van der Waals surface area (Å²) in [6.45, 7) is 1.89. The number of fused-ring (bicyclic) bond motifs is 1. The molecule has 1 aliphatic heterocycles. The number of piperidine rings is 1. The zero-order valence-corrected chi connectivity index (χ0v) is 15.0. The molecule has 1 fully saturated rings. The van der Waals surface area contributed by atoms with Crippen LogP contribution in [0.1, 0.15) is 24.8 Å². The summed E-state index contributed by atoms with van der Waals surface area (Å²) >= 11 is 0. The molecule has 0 radical (unpaired) electrons. The molecule has 0 unspecified atom stereocenters. The monoisotopic (exact) mass is 362 g/mol. The van der Waals surface area contributed by atoms with Gasteiger partial charge in [0.2, 0.25) is 5.91 Å². The van der Waals surface area contributed by atoms with E-state index < -0.39 is 0 Å². The van der Waals surface area contributed by atoms with Crippen LogP contribution in [0.2, 0.25) is 0 Å². The lowest BCUT2D eigenvalue weighted by molar-refractivity contribution is -0.111. The normalized spacial score (nSPS) is 14.7. The SMILES string of the molecule is O=C(/C=C/c1ccccc1)Nc1cc2[nH]c(=O)[nH]c2cc1N1CCCCC1. The van der Waals surface area contributed by atoms with E-state index in [1.165, 1.54) is 12.5 Å². The van der Waals surface area contributed by atoms with Gasteiger partial charge < -0.3 is 20.2 Å². The van der Waals surface area contributed by atoms with E-state index in [9.17, 15) is 9.59 Å². The number of H-pyrrole nitrogens is 2. The number of aromatic nitrogens is 2. The lowest BCUT2D eigenvalue weighted by Crippen LogP contribution is -2.30. The van der Waals surface area contributed by atoms with E-state index in [0.717, 1.165) is 42.7 Å². The van der Waals surface area contributed by atoms with E-state index in [-0.39, 0.29) is 11.6 Å². The molecular formula is C21H22N4O2. The van der Waals surface area contributed by atoms with Gasteiger partial charge in [-0.05, 0) is 43.0 Å². The number of hydrogen-bond acceptors (Lipinski definition) is 3. The van der Waals surface area contributed by atoms with E-state index >= 15 is 0 Å². The molecule has 6 heteroatoms. The van der Waals surface area contributed by atoms with Gasteiger partial charge in [0, 0.05) is 19.2 Å². The average molecular weight is 362 g/mol. The molecule has 2 heterocycles. The quantitative estimate of drug-likeness (QED) is 0.622. The Morgan fingerprint density at radius 1 is 1.00 bits per heavy atom. The molecule has 0 saturated carbocycles. The Morgan fingerprint density at radius 2 is 1.70 bits per heavy atom. The maximum atomic E-state index is 12.5. The summed E-state index contributed by atoms with van der Waals surface area (Å²) in [4.78, 5) is 31.9. The Balaban J connectivity index is 1.63. The zero-order valence-electron chi connectivity index (χ0n) is 15.0. The number of aromatic amines is 2. The molecule has 27 heavy (non-hydrogen) atoms. The summed E-state index contributed by atoms with van der Waals surface area (Å²) in [6, 6.07) is 13.5. The number of carbonyl (C=O) groups excluding carboxylic acids is 1. The first-order valence-electron chi connectivity index (χ1n) is 9.24. The standard InChI is InChI=1S/C21H22N4O2/c26-20(10-9-15-7-3-1-4-8-15)22-18-13-16-17(24-21(27)23-16)14-19(18)25-11-5-2-6-12-25/h1,3-4,7-10,13-14H,2,5-6,11-12H2,(H,22,26)(H2,23,24,27)/b10-9+. The summed E-state index contributed by atoms with van der Waals surface area (Å²) in [5.41, 5.74) is 3.80. The summed E-state index contributed by atoms with van der Waals surface area (Å²) in [6.07, 6.45) is 6.79. The van der Waals surface area contributed by atoms with Gasteiger partial charge in [-0.15, -0.1) is 0 Å². The maximum absolute atomic E-state index is 12.5. The molecule has 1 aromatic heterocycles. The van der Waals surface area contributed by atoms with Gasteiger partial charge in [0.05, 0.1) is 22.4 Å². The van der Waals surface area contributed by atoms with Crippen molar-refractivity contribution in [2.24, 2.45) is 0 Å². The van der Waals surface area contributed by atoms with Crippen LogP contribution in [0.25, 0.3) is 17.1 Å². The Labute approximate surface area is 156 Å². The number of rotatable bonds is 4. The first-order chi connectivity index (χ1) is 13.2. The Bertz CT molecular complexity index is 1030. The van der Waals surface area contributed by atoms with Crippen molar-refractivity contribution in [3.8, 4) is 0 Å². The molecule has 4 rings (SSSR count). The summed E-state index contributed by atoms with van der Waals surface area (Å²) in [7, 11) is 0. The number of hydrogen-bond donors (Lipinski definition) is 3. The van der Waals surface area contributed by atoms with Crippen molar-refractivity contribution in [2.75, 3.05) is 23.3 Å². The van der Waals surface area contributed by atoms with Gasteiger partial charge in [0.1, 0.15) is 0 Å². The highest BCUT2D eigenvalue weighted by Crippen LogP contribution is 2.31. The highest BCUT2D eigenvalue weighted by atomic mass is 16.1. The van der Waals surface area contributed by atoms with Crippen LogP contribution >= 0.6 is 0 Å². The molecule has 1 saturated heterocycles. The van der Waals surface area contributed by atoms with Crippen LogP contribution in [-0.2, 0) is 4.79 Å². The highest BCUT2D eigenvalue weighted by Gasteiger charge is 2.17. The van der Waals surface area contributed by atoms with Gasteiger partial charge >= 0.3 is 5.69 Å².